The summed E-state index contributed by atoms with van der Waals surface area (Å²) in [6.07, 6.45) is 0. The van der Waals surface area contributed by atoms with Crippen molar-refractivity contribution in [3.8, 4) is 0 Å². The van der Waals surface area contributed by atoms with E-state index < -0.39 is 5.97 Å². The van der Waals surface area contributed by atoms with E-state index in [2.05, 4.69) is 4.98 Å². The van der Waals surface area contributed by atoms with E-state index in [0.29, 0.717) is 11.3 Å². The molecule has 0 spiro atoms. The van der Waals surface area contributed by atoms with E-state index in [0.717, 1.165) is 16.5 Å². The van der Waals surface area contributed by atoms with Gasteiger partial charge in [0.25, 0.3) is 0 Å². The van der Waals surface area contributed by atoms with E-state index in [1.54, 1.807) is 6.92 Å². The largest absolute Gasteiger partial charge is 0.478 e. The van der Waals surface area contributed by atoms with Crippen molar-refractivity contribution in [1.82, 2.24) is 4.98 Å². The molecular formula is C12H13NO2. The van der Waals surface area contributed by atoms with E-state index >= 15 is 0 Å². The lowest BCUT2D eigenvalue weighted by Gasteiger charge is -2.00. The van der Waals surface area contributed by atoms with E-state index in [9.17, 15) is 4.79 Å². The van der Waals surface area contributed by atoms with Gasteiger partial charge in [0.15, 0.2) is 0 Å². The molecule has 0 aliphatic rings. The minimum absolute atomic E-state index is 0.383. The molecule has 0 bridgehead atoms. The number of rotatable bonds is 1. The number of aromatic carboxylic acids is 1. The van der Waals surface area contributed by atoms with Crippen LogP contribution in [0.2, 0.25) is 0 Å². The maximum absolute atomic E-state index is 11.1. The number of aryl methyl sites for hydroxylation is 3. The molecule has 3 nitrogen and oxygen atoms in total. The number of hydrogen-bond acceptors (Lipinski definition) is 1. The minimum atomic E-state index is -0.873. The van der Waals surface area contributed by atoms with Crippen LogP contribution in [0.1, 0.15) is 27.2 Å². The molecule has 0 unspecified atom stereocenters. The molecular weight excluding hydrogens is 190 g/mol. The van der Waals surface area contributed by atoms with Gasteiger partial charge in [0, 0.05) is 16.6 Å². The van der Waals surface area contributed by atoms with Crippen LogP contribution >= 0.6 is 0 Å². The monoisotopic (exact) mass is 203 g/mol. The number of carboxylic acids is 1. The van der Waals surface area contributed by atoms with Crippen molar-refractivity contribution in [2.24, 2.45) is 0 Å². The summed E-state index contributed by atoms with van der Waals surface area (Å²) in [6, 6.07) is 3.92. The number of H-pyrrole nitrogens is 1. The zero-order valence-corrected chi connectivity index (χ0v) is 9.01. The molecule has 2 rings (SSSR count). The van der Waals surface area contributed by atoms with Crippen LogP contribution in [0.15, 0.2) is 12.1 Å². The fourth-order valence-corrected chi connectivity index (χ4v) is 1.87. The summed E-state index contributed by atoms with van der Waals surface area (Å²) in [6.45, 7) is 5.79. The van der Waals surface area contributed by atoms with Gasteiger partial charge in [0.05, 0.1) is 5.56 Å². The Morgan fingerprint density at radius 3 is 2.40 bits per heavy atom. The lowest BCUT2D eigenvalue weighted by Crippen LogP contribution is -1.97. The molecule has 0 atom stereocenters. The Morgan fingerprint density at radius 2 is 1.80 bits per heavy atom. The van der Waals surface area contributed by atoms with Crippen molar-refractivity contribution < 1.29 is 9.90 Å². The Bertz CT molecular complexity index is 552. The van der Waals surface area contributed by atoms with Crippen molar-refractivity contribution in [2.45, 2.75) is 20.8 Å². The van der Waals surface area contributed by atoms with Crippen LogP contribution in [0, 0.1) is 20.8 Å². The summed E-state index contributed by atoms with van der Waals surface area (Å²) >= 11 is 0. The van der Waals surface area contributed by atoms with Gasteiger partial charge in [-0.1, -0.05) is 0 Å². The number of aromatic amines is 1. The Morgan fingerprint density at radius 1 is 1.20 bits per heavy atom. The molecule has 0 radical (unpaired) electrons. The third-order valence-electron chi connectivity index (χ3n) is 2.81. The maximum atomic E-state index is 11.1. The second-order valence-corrected chi connectivity index (χ2v) is 3.91. The fourth-order valence-electron chi connectivity index (χ4n) is 1.87. The van der Waals surface area contributed by atoms with Crippen LogP contribution in [-0.4, -0.2) is 16.1 Å². The Labute approximate surface area is 87.7 Å². The highest BCUT2D eigenvalue weighted by Gasteiger charge is 2.15. The van der Waals surface area contributed by atoms with Crippen molar-refractivity contribution >= 4 is 16.9 Å². The van der Waals surface area contributed by atoms with Gasteiger partial charge in [-0.15, -0.1) is 0 Å². The van der Waals surface area contributed by atoms with E-state index in [4.69, 9.17) is 5.11 Å². The number of carboxylic acid groups (broad SMARTS) is 1. The summed E-state index contributed by atoms with van der Waals surface area (Å²) in [5, 5.41) is 9.89. The highest BCUT2D eigenvalue weighted by atomic mass is 16.4. The zero-order valence-electron chi connectivity index (χ0n) is 9.01. The standard InChI is InChI=1S/C12H13NO2/c1-6-4-9-10(5-7(6)2)13-8(3)11(9)12(14)15/h4-5,13H,1-3H3,(H,14,15). The number of carbonyl (C=O) groups is 1. The smallest absolute Gasteiger partial charge is 0.338 e. The van der Waals surface area contributed by atoms with Crippen molar-refractivity contribution in [3.63, 3.8) is 0 Å². The van der Waals surface area contributed by atoms with Gasteiger partial charge < -0.3 is 10.1 Å². The predicted octanol–water partition coefficient (Wildman–Crippen LogP) is 2.79. The summed E-state index contributed by atoms with van der Waals surface area (Å²) in [4.78, 5) is 14.2. The van der Waals surface area contributed by atoms with Crippen LogP contribution in [-0.2, 0) is 0 Å². The van der Waals surface area contributed by atoms with E-state index in [1.165, 1.54) is 5.56 Å². The summed E-state index contributed by atoms with van der Waals surface area (Å²) in [7, 11) is 0. The topological polar surface area (TPSA) is 53.1 Å². The molecule has 0 saturated heterocycles. The highest BCUT2D eigenvalue weighted by molar-refractivity contribution is 6.05. The first-order valence-electron chi connectivity index (χ1n) is 4.83. The minimum Gasteiger partial charge on any atom is -0.478 e. The third-order valence-corrected chi connectivity index (χ3v) is 2.81. The first-order valence-corrected chi connectivity index (χ1v) is 4.83. The molecule has 1 aromatic carbocycles. The third kappa shape index (κ3) is 1.40. The van der Waals surface area contributed by atoms with Crippen molar-refractivity contribution in [3.05, 3.63) is 34.5 Å². The van der Waals surface area contributed by atoms with E-state index in [-0.39, 0.29) is 0 Å². The Balaban J connectivity index is 2.87. The number of benzene rings is 1. The molecule has 0 aliphatic heterocycles. The first-order chi connectivity index (χ1) is 7.00. The van der Waals surface area contributed by atoms with Gasteiger partial charge in [0.2, 0.25) is 0 Å². The van der Waals surface area contributed by atoms with Gasteiger partial charge in [-0.05, 0) is 44.0 Å². The van der Waals surface area contributed by atoms with Gasteiger partial charge in [-0.2, -0.15) is 0 Å². The average molecular weight is 203 g/mol. The summed E-state index contributed by atoms with van der Waals surface area (Å²) in [5.74, 6) is -0.873. The number of nitrogens with one attached hydrogen (secondary N) is 1. The normalized spacial score (nSPS) is 10.9. The highest BCUT2D eigenvalue weighted by Crippen LogP contribution is 2.25. The van der Waals surface area contributed by atoms with Crippen LogP contribution in [0.5, 0.6) is 0 Å². The van der Waals surface area contributed by atoms with Crippen LogP contribution < -0.4 is 0 Å². The number of aromatic nitrogens is 1. The van der Waals surface area contributed by atoms with Crippen molar-refractivity contribution in [2.75, 3.05) is 0 Å². The van der Waals surface area contributed by atoms with Gasteiger partial charge in [0.1, 0.15) is 0 Å². The maximum Gasteiger partial charge on any atom is 0.338 e. The quantitative estimate of drug-likeness (QED) is 0.748. The van der Waals surface area contributed by atoms with Gasteiger partial charge in [-0.3, -0.25) is 0 Å². The van der Waals surface area contributed by atoms with Gasteiger partial charge in [-0.25, -0.2) is 4.79 Å². The van der Waals surface area contributed by atoms with Crippen LogP contribution in [0.4, 0.5) is 0 Å². The van der Waals surface area contributed by atoms with Crippen LogP contribution in [0.3, 0.4) is 0 Å². The zero-order chi connectivity index (χ0) is 11.2. The molecule has 2 N–H and O–H groups in total. The fraction of sp³-hybridized carbons (Fsp3) is 0.250. The number of fused-ring (bicyclic) bond motifs is 1. The van der Waals surface area contributed by atoms with Crippen molar-refractivity contribution in [1.29, 1.82) is 0 Å². The second kappa shape index (κ2) is 3.12. The molecule has 0 aliphatic carbocycles. The van der Waals surface area contributed by atoms with E-state index in [1.807, 2.05) is 26.0 Å². The molecule has 0 amide bonds. The van der Waals surface area contributed by atoms with Crippen LogP contribution in [0.25, 0.3) is 10.9 Å². The summed E-state index contributed by atoms with van der Waals surface area (Å²) < 4.78 is 0. The lowest BCUT2D eigenvalue weighted by atomic mass is 10.0. The molecule has 0 saturated carbocycles. The summed E-state index contributed by atoms with van der Waals surface area (Å²) in [5.41, 5.74) is 4.27. The molecule has 78 valence electrons. The number of hydrogen-bond donors (Lipinski definition) is 2. The molecule has 1 aromatic heterocycles. The van der Waals surface area contributed by atoms with Gasteiger partial charge >= 0.3 is 5.97 Å². The molecule has 15 heavy (non-hydrogen) atoms. The average Bonchev–Trinajstić information content (AvgIpc) is 2.41. The Hall–Kier alpha value is -1.77. The SMILES string of the molecule is Cc1cc2[nH]c(C)c(C(=O)O)c2cc1C. The second-order valence-electron chi connectivity index (χ2n) is 3.91. The molecule has 3 heteroatoms. The first kappa shape index (κ1) is 9.77. The molecule has 2 aromatic rings. The Kier molecular flexibility index (Phi) is 2.03. The lowest BCUT2D eigenvalue weighted by molar-refractivity contribution is 0.0698. The molecule has 0 fully saturated rings. The molecule has 1 heterocycles. The predicted molar refractivity (Wildman–Crippen MR) is 59.5 cm³/mol.